The zero-order valence-corrected chi connectivity index (χ0v) is 25.5. The van der Waals surface area contributed by atoms with Crippen molar-refractivity contribution in [1.29, 1.82) is 0 Å². The van der Waals surface area contributed by atoms with Crippen molar-refractivity contribution in [2.75, 3.05) is 13.7 Å². The summed E-state index contributed by atoms with van der Waals surface area (Å²) in [7, 11) is 1.23. The van der Waals surface area contributed by atoms with E-state index in [9.17, 15) is 40.7 Å². The van der Waals surface area contributed by atoms with Gasteiger partial charge < -0.3 is 34.9 Å². The van der Waals surface area contributed by atoms with Gasteiger partial charge in [-0.2, -0.15) is 13.2 Å². The number of methoxy groups -OCH3 is 1. The summed E-state index contributed by atoms with van der Waals surface area (Å²) in [6.07, 6.45) is -7.73. The number of aromatic carboxylic acids is 1. The first-order chi connectivity index (χ1) is 22.3. The second kappa shape index (κ2) is 15.1. The van der Waals surface area contributed by atoms with Crippen molar-refractivity contribution in [2.24, 2.45) is 5.92 Å². The molecule has 2 aromatic carbocycles. The largest absolute Gasteiger partial charge is 0.573 e. The van der Waals surface area contributed by atoms with Gasteiger partial charge in [0.25, 0.3) is 0 Å². The highest BCUT2D eigenvalue weighted by Gasteiger charge is 2.39. The number of alkyl halides is 6. The monoisotopic (exact) mass is 688 g/mol. The summed E-state index contributed by atoms with van der Waals surface area (Å²) in [5, 5.41) is 18.9. The lowest BCUT2D eigenvalue weighted by Gasteiger charge is -2.30. The zero-order valence-electron chi connectivity index (χ0n) is 25.5. The number of aromatic amines is 1. The highest BCUT2D eigenvalue weighted by Crippen LogP contribution is 2.37. The van der Waals surface area contributed by atoms with Crippen LogP contribution in [-0.2, 0) is 14.3 Å². The highest BCUT2D eigenvalue weighted by atomic mass is 19.4. The predicted molar refractivity (Wildman–Crippen MR) is 155 cm³/mol. The van der Waals surface area contributed by atoms with Crippen molar-refractivity contribution in [3.05, 3.63) is 60.0 Å². The van der Waals surface area contributed by atoms with E-state index in [1.54, 1.807) is 35.4 Å². The van der Waals surface area contributed by atoms with Crippen molar-refractivity contribution in [3.63, 3.8) is 0 Å². The number of imidazole rings is 1. The molecule has 1 fully saturated rings. The summed E-state index contributed by atoms with van der Waals surface area (Å²) in [5.74, 6) is -4.60. The average molecular weight is 689 g/mol. The molecule has 0 spiro atoms. The Balaban J connectivity index is 0.000000804. The Kier molecular flexibility index (Phi) is 11.7. The number of halogens is 6. The molecule has 48 heavy (non-hydrogen) atoms. The number of aromatic nitrogens is 2. The second-order valence-corrected chi connectivity index (χ2v) is 10.7. The van der Waals surface area contributed by atoms with E-state index in [1.807, 2.05) is 13.8 Å². The molecule has 2 heterocycles. The van der Waals surface area contributed by atoms with Crippen LogP contribution in [0.1, 0.15) is 48.9 Å². The zero-order chi connectivity index (χ0) is 36.0. The lowest BCUT2D eigenvalue weighted by molar-refractivity contribution is -0.274. The molecule has 2 amide bonds. The van der Waals surface area contributed by atoms with E-state index in [0.717, 1.165) is 12.5 Å². The normalized spacial score (nSPS) is 15.3. The summed E-state index contributed by atoms with van der Waals surface area (Å²) >= 11 is 0. The number of alkyl carbamates (subject to hydrolysis) is 1. The van der Waals surface area contributed by atoms with Crippen molar-refractivity contribution < 1.29 is 65.2 Å². The van der Waals surface area contributed by atoms with Crippen LogP contribution in [0, 0.1) is 5.92 Å². The van der Waals surface area contributed by atoms with Gasteiger partial charge in [-0.05, 0) is 48.1 Å². The lowest BCUT2D eigenvalue weighted by Crippen LogP contribution is -2.51. The molecule has 0 aliphatic carbocycles. The van der Waals surface area contributed by atoms with Crippen molar-refractivity contribution in [2.45, 2.75) is 51.3 Å². The maximum absolute atomic E-state index is 13.3. The Bertz CT molecular complexity index is 1620. The first-order valence-corrected chi connectivity index (χ1v) is 14.1. The number of carbonyl (C=O) groups excluding carboxylic acids is 2. The van der Waals surface area contributed by atoms with Crippen molar-refractivity contribution in [3.8, 4) is 28.1 Å². The average Bonchev–Trinajstić information content (AvgIpc) is 3.69. The van der Waals surface area contributed by atoms with E-state index < -0.39 is 42.4 Å². The fraction of sp³-hybridized carbons (Fsp3) is 0.367. The number of nitrogens with zero attached hydrogens (tertiary/aromatic N) is 2. The molecule has 4 N–H and O–H groups in total. The van der Waals surface area contributed by atoms with Crippen LogP contribution < -0.4 is 10.1 Å². The fourth-order valence-corrected chi connectivity index (χ4v) is 4.78. The van der Waals surface area contributed by atoms with Crippen LogP contribution in [0.5, 0.6) is 5.75 Å². The SMILES string of the molecule is COC(=O)N[C@H](C(=O)N1CCC[C@H]1c1ncc(-c2ccc(-c3ccc(C(=O)O)cc3OC(F)(F)F)cc2)[nH]1)C(C)C.O=C(O)C(F)(F)F. The third-order valence-electron chi connectivity index (χ3n) is 7.04. The summed E-state index contributed by atoms with van der Waals surface area (Å²) in [4.78, 5) is 54.7. The Hall–Kier alpha value is -5.29. The molecule has 260 valence electrons. The number of benzene rings is 2. The number of rotatable bonds is 8. The molecule has 0 saturated carbocycles. The number of likely N-dealkylation sites (tertiary alicyclic amines) is 1. The molecule has 4 rings (SSSR count). The molecule has 18 heteroatoms. The Labute approximate surface area is 268 Å². The van der Waals surface area contributed by atoms with Gasteiger partial charge in [-0.25, -0.2) is 19.4 Å². The van der Waals surface area contributed by atoms with Crippen LogP contribution in [-0.4, -0.2) is 81.3 Å². The number of amides is 2. The molecular weight excluding hydrogens is 658 g/mol. The molecular formula is C30H30F6N4O8. The van der Waals surface area contributed by atoms with E-state index >= 15 is 0 Å². The number of carbonyl (C=O) groups is 4. The molecule has 3 aromatic rings. The maximum Gasteiger partial charge on any atom is 0.573 e. The van der Waals surface area contributed by atoms with Gasteiger partial charge in [0.2, 0.25) is 5.91 Å². The minimum absolute atomic E-state index is 0.0737. The highest BCUT2D eigenvalue weighted by molar-refractivity contribution is 5.90. The second-order valence-electron chi connectivity index (χ2n) is 10.7. The van der Waals surface area contributed by atoms with Gasteiger partial charge in [0.1, 0.15) is 17.6 Å². The molecule has 1 saturated heterocycles. The minimum atomic E-state index is -5.08. The summed E-state index contributed by atoms with van der Waals surface area (Å²) in [6.45, 7) is 4.16. The third-order valence-corrected chi connectivity index (χ3v) is 7.04. The van der Waals surface area contributed by atoms with Gasteiger partial charge in [0.05, 0.1) is 30.6 Å². The van der Waals surface area contributed by atoms with E-state index in [0.29, 0.717) is 35.6 Å². The van der Waals surface area contributed by atoms with E-state index in [4.69, 9.17) is 15.0 Å². The van der Waals surface area contributed by atoms with Gasteiger partial charge in [-0.1, -0.05) is 38.1 Å². The van der Waals surface area contributed by atoms with Gasteiger partial charge in [0.15, 0.2) is 0 Å². The fourth-order valence-electron chi connectivity index (χ4n) is 4.78. The lowest BCUT2D eigenvalue weighted by atomic mass is 10.0. The van der Waals surface area contributed by atoms with Gasteiger partial charge >= 0.3 is 30.6 Å². The number of carboxylic acids is 2. The van der Waals surface area contributed by atoms with Crippen molar-refractivity contribution in [1.82, 2.24) is 20.2 Å². The topological polar surface area (TPSA) is 171 Å². The molecule has 0 radical (unpaired) electrons. The van der Waals surface area contributed by atoms with Crippen LogP contribution >= 0.6 is 0 Å². The number of carboxylic acid groups (broad SMARTS) is 2. The summed E-state index contributed by atoms with van der Waals surface area (Å²) in [5.41, 5.74) is 1.44. The van der Waals surface area contributed by atoms with Gasteiger partial charge in [0, 0.05) is 12.1 Å². The maximum atomic E-state index is 13.3. The predicted octanol–water partition coefficient (Wildman–Crippen LogP) is 6.02. The number of hydrogen-bond donors (Lipinski definition) is 4. The summed E-state index contributed by atoms with van der Waals surface area (Å²) in [6, 6.07) is 8.75. The van der Waals surface area contributed by atoms with E-state index in [1.165, 1.54) is 19.2 Å². The van der Waals surface area contributed by atoms with Gasteiger partial charge in [-0.15, -0.1) is 13.2 Å². The van der Waals surface area contributed by atoms with E-state index in [2.05, 4.69) is 24.8 Å². The Morgan fingerprint density at radius 1 is 1.00 bits per heavy atom. The molecule has 0 bridgehead atoms. The third kappa shape index (κ3) is 9.62. The number of H-pyrrole nitrogens is 1. The van der Waals surface area contributed by atoms with Gasteiger partial charge in [-0.3, -0.25) is 4.79 Å². The van der Waals surface area contributed by atoms with Crippen LogP contribution in [0.4, 0.5) is 31.1 Å². The summed E-state index contributed by atoms with van der Waals surface area (Å²) < 4.78 is 79.5. The standard InChI is InChI=1S/C28H29F3N4O6.C2HF3O2/c1-15(2)23(34-27(39)40-3)25(36)35-12-4-5-21(35)24-32-14-20(33-24)17-8-6-16(7-9-17)19-11-10-18(26(37)38)13-22(19)41-28(29,30)31;3-2(4,5)1(6)7/h6-11,13-15,21,23H,4-5,12H2,1-3H3,(H,32,33)(H,34,39)(H,37,38);(H,6,7)/t21-,23-;/m0./s1. The Morgan fingerprint density at radius 2 is 1.60 bits per heavy atom. The van der Waals surface area contributed by atoms with Crippen LogP contribution in [0.2, 0.25) is 0 Å². The van der Waals surface area contributed by atoms with Crippen molar-refractivity contribution >= 4 is 23.9 Å². The van der Waals surface area contributed by atoms with Crippen LogP contribution in [0.25, 0.3) is 22.4 Å². The number of aliphatic carboxylic acids is 1. The quantitative estimate of drug-likeness (QED) is 0.207. The van der Waals surface area contributed by atoms with Crippen LogP contribution in [0.3, 0.4) is 0 Å². The molecule has 1 aliphatic rings. The Morgan fingerprint density at radius 3 is 2.12 bits per heavy atom. The minimum Gasteiger partial charge on any atom is -0.478 e. The van der Waals surface area contributed by atoms with E-state index in [-0.39, 0.29) is 29.0 Å². The molecule has 12 nitrogen and oxygen atoms in total. The number of ether oxygens (including phenoxy) is 2. The van der Waals surface area contributed by atoms with Crippen LogP contribution in [0.15, 0.2) is 48.7 Å². The number of hydrogen-bond acceptors (Lipinski definition) is 7. The smallest absolute Gasteiger partial charge is 0.478 e. The molecule has 1 aliphatic heterocycles. The molecule has 0 unspecified atom stereocenters. The first kappa shape index (κ1) is 37.2. The molecule has 2 atom stereocenters. The first-order valence-electron chi connectivity index (χ1n) is 14.1. The number of nitrogens with one attached hydrogen (secondary N) is 2. The molecule has 1 aromatic heterocycles.